The number of fused-ring (bicyclic) bond motifs is 1. The number of benzene rings is 2. The van der Waals surface area contributed by atoms with E-state index in [-0.39, 0.29) is 11.9 Å². The van der Waals surface area contributed by atoms with Crippen LogP contribution in [-0.4, -0.2) is 40.9 Å². The Morgan fingerprint density at radius 1 is 1.16 bits per heavy atom. The number of rotatable bonds is 5. The minimum Gasteiger partial charge on any atom is -0.493 e. The lowest BCUT2D eigenvalue weighted by atomic mass is 9.84. The third-order valence-corrected chi connectivity index (χ3v) is 5.77. The summed E-state index contributed by atoms with van der Waals surface area (Å²) in [5.74, 6) is 1.20. The molecule has 8 heteroatoms. The van der Waals surface area contributed by atoms with E-state index >= 15 is 0 Å². The van der Waals surface area contributed by atoms with Gasteiger partial charge in [0.1, 0.15) is 6.33 Å². The first kappa shape index (κ1) is 20.7. The van der Waals surface area contributed by atoms with E-state index in [0.29, 0.717) is 17.4 Å². The highest BCUT2D eigenvalue weighted by Gasteiger charge is 2.43. The van der Waals surface area contributed by atoms with Crippen LogP contribution in [0.4, 0.5) is 11.6 Å². The van der Waals surface area contributed by atoms with Crippen molar-refractivity contribution >= 4 is 17.5 Å². The third kappa shape index (κ3) is 3.69. The molecule has 1 amide bonds. The summed E-state index contributed by atoms with van der Waals surface area (Å²) in [6, 6.07) is 11.0. The molecular formula is C23H27N5O3. The molecule has 2 heterocycles. The van der Waals surface area contributed by atoms with Gasteiger partial charge in [-0.1, -0.05) is 29.8 Å². The number of ether oxygens (including phenoxy) is 2. The summed E-state index contributed by atoms with van der Waals surface area (Å²) in [5.41, 5.74) is 3.77. The summed E-state index contributed by atoms with van der Waals surface area (Å²) in [7, 11) is 3.19. The van der Waals surface area contributed by atoms with Crippen LogP contribution in [0.25, 0.3) is 0 Å². The summed E-state index contributed by atoms with van der Waals surface area (Å²) >= 11 is 0. The first-order chi connectivity index (χ1) is 14.9. The van der Waals surface area contributed by atoms with Gasteiger partial charge in [-0.15, -0.1) is 0 Å². The predicted octanol–water partition coefficient (Wildman–Crippen LogP) is 3.57. The molecule has 0 aliphatic carbocycles. The standard InChI is InChI=1S/C23H27N5O3/c1-13-9-10-17(14(2)11-13)27-22(29)19-15(3)26-23-24-12-25-28(23)20(19)16-7-6-8-18(30-4)21(16)31-5/h6-12,15,19-20H,1-5H3,(H,27,29)(H,24,25,26)/t15-,19+,20+/m0/s1. The highest BCUT2D eigenvalue weighted by Crippen LogP contribution is 2.43. The van der Waals surface area contributed by atoms with Gasteiger partial charge < -0.3 is 20.1 Å². The Kier molecular flexibility index (Phi) is 5.54. The van der Waals surface area contributed by atoms with Gasteiger partial charge in [-0.2, -0.15) is 10.1 Å². The molecule has 0 radical (unpaired) electrons. The van der Waals surface area contributed by atoms with Crippen LogP contribution in [0.15, 0.2) is 42.7 Å². The van der Waals surface area contributed by atoms with E-state index in [2.05, 4.69) is 26.8 Å². The van der Waals surface area contributed by atoms with Crippen molar-refractivity contribution < 1.29 is 14.3 Å². The van der Waals surface area contributed by atoms with E-state index in [1.165, 1.54) is 6.33 Å². The zero-order valence-corrected chi connectivity index (χ0v) is 18.3. The lowest BCUT2D eigenvalue weighted by Gasteiger charge is -2.37. The fourth-order valence-corrected chi connectivity index (χ4v) is 4.29. The van der Waals surface area contributed by atoms with Gasteiger partial charge in [0, 0.05) is 17.3 Å². The smallest absolute Gasteiger partial charge is 0.232 e. The van der Waals surface area contributed by atoms with E-state index in [1.54, 1.807) is 18.9 Å². The minimum absolute atomic E-state index is 0.108. The van der Waals surface area contributed by atoms with E-state index in [0.717, 1.165) is 22.4 Å². The van der Waals surface area contributed by atoms with Crippen LogP contribution in [-0.2, 0) is 4.79 Å². The summed E-state index contributed by atoms with van der Waals surface area (Å²) in [6.07, 6.45) is 1.49. The lowest BCUT2D eigenvalue weighted by molar-refractivity contribution is -0.121. The van der Waals surface area contributed by atoms with Crippen molar-refractivity contribution in [3.05, 3.63) is 59.4 Å². The first-order valence-electron chi connectivity index (χ1n) is 10.2. The molecule has 0 saturated heterocycles. The van der Waals surface area contributed by atoms with Gasteiger partial charge in [0.15, 0.2) is 11.5 Å². The number of methoxy groups -OCH3 is 2. The second-order valence-electron chi connectivity index (χ2n) is 7.82. The van der Waals surface area contributed by atoms with Crippen LogP contribution in [0.5, 0.6) is 11.5 Å². The van der Waals surface area contributed by atoms with Gasteiger partial charge >= 0.3 is 0 Å². The van der Waals surface area contributed by atoms with Gasteiger partial charge in [0.25, 0.3) is 0 Å². The predicted molar refractivity (Wildman–Crippen MR) is 119 cm³/mol. The second-order valence-corrected chi connectivity index (χ2v) is 7.82. The molecule has 0 unspecified atom stereocenters. The van der Waals surface area contributed by atoms with Crippen molar-refractivity contribution in [1.29, 1.82) is 0 Å². The van der Waals surface area contributed by atoms with Gasteiger partial charge in [-0.05, 0) is 38.5 Å². The number of para-hydroxylation sites is 1. The SMILES string of the molecule is COc1cccc([C@@H]2[C@H](C(=O)Nc3ccc(C)cc3C)[C@H](C)Nc3ncnn32)c1OC. The number of amides is 1. The average Bonchev–Trinajstić information content (AvgIpc) is 3.21. The molecule has 0 spiro atoms. The van der Waals surface area contributed by atoms with Crippen LogP contribution >= 0.6 is 0 Å². The number of anilines is 2. The Hall–Kier alpha value is -3.55. The van der Waals surface area contributed by atoms with Crippen molar-refractivity contribution in [3.8, 4) is 11.5 Å². The van der Waals surface area contributed by atoms with Crippen LogP contribution in [0, 0.1) is 19.8 Å². The van der Waals surface area contributed by atoms with Crippen molar-refractivity contribution in [1.82, 2.24) is 14.8 Å². The average molecular weight is 422 g/mol. The van der Waals surface area contributed by atoms with Crippen molar-refractivity contribution in [2.75, 3.05) is 24.9 Å². The maximum Gasteiger partial charge on any atom is 0.232 e. The zero-order chi connectivity index (χ0) is 22.1. The number of hydrogen-bond acceptors (Lipinski definition) is 6. The molecule has 2 N–H and O–H groups in total. The number of nitrogens with one attached hydrogen (secondary N) is 2. The second kappa shape index (κ2) is 8.29. The summed E-state index contributed by atoms with van der Waals surface area (Å²) in [5, 5.41) is 10.8. The molecule has 1 aliphatic heterocycles. The molecule has 4 rings (SSSR count). The zero-order valence-electron chi connectivity index (χ0n) is 18.3. The molecule has 1 aliphatic rings. The summed E-state index contributed by atoms with van der Waals surface area (Å²) < 4.78 is 12.9. The molecule has 31 heavy (non-hydrogen) atoms. The van der Waals surface area contributed by atoms with Crippen LogP contribution in [0.1, 0.15) is 29.7 Å². The molecule has 0 saturated carbocycles. The van der Waals surface area contributed by atoms with Crippen molar-refractivity contribution in [2.24, 2.45) is 5.92 Å². The van der Waals surface area contributed by atoms with E-state index in [9.17, 15) is 4.79 Å². The quantitative estimate of drug-likeness (QED) is 0.655. The monoisotopic (exact) mass is 421 g/mol. The molecule has 0 fully saturated rings. The number of carbonyl (C=O) groups excluding carboxylic acids is 1. The van der Waals surface area contributed by atoms with E-state index < -0.39 is 12.0 Å². The van der Waals surface area contributed by atoms with Crippen molar-refractivity contribution in [2.45, 2.75) is 32.9 Å². The van der Waals surface area contributed by atoms with Gasteiger partial charge in [0.05, 0.1) is 26.2 Å². The number of aryl methyl sites for hydroxylation is 2. The van der Waals surface area contributed by atoms with E-state index in [4.69, 9.17) is 9.47 Å². The Morgan fingerprint density at radius 2 is 1.97 bits per heavy atom. The molecule has 2 aromatic carbocycles. The Labute approximate surface area is 181 Å². The molecule has 3 atom stereocenters. The molecule has 162 valence electrons. The molecule has 1 aromatic heterocycles. The van der Waals surface area contributed by atoms with Gasteiger partial charge in [-0.3, -0.25) is 4.79 Å². The number of hydrogen-bond donors (Lipinski definition) is 2. The Morgan fingerprint density at radius 3 is 2.68 bits per heavy atom. The fourth-order valence-electron chi connectivity index (χ4n) is 4.29. The van der Waals surface area contributed by atoms with Crippen molar-refractivity contribution in [3.63, 3.8) is 0 Å². The number of aromatic nitrogens is 3. The topological polar surface area (TPSA) is 90.3 Å². The minimum atomic E-state index is -0.476. The summed E-state index contributed by atoms with van der Waals surface area (Å²) in [6.45, 7) is 6.00. The Bertz CT molecular complexity index is 1110. The highest BCUT2D eigenvalue weighted by atomic mass is 16.5. The van der Waals surface area contributed by atoms with Crippen LogP contribution in [0.3, 0.4) is 0 Å². The lowest BCUT2D eigenvalue weighted by Crippen LogP contribution is -2.46. The van der Waals surface area contributed by atoms with E-state index in [1.807, 2.05) is 51.1 Å². The third-order valence-electron chi connectivity index (χ3n) is 5.77. The van der Waals surface area contributed by atoms with Gasteiger partial charge in [-0.25, -0.2) is 4.68 Å². The van der Waals surface area contributed by atoms with Gasteiger partial charge in [0.2, 0.25) is 11.9 Å². The van der Waals surface area contributed by atoms with Crippen LogP contribution in [0.2, 0.25) is 0 Å². The Balaban J connectivity index is 1.80. The fraction of sp³-hybridized carbons (Fsp3) is 0.348. The largest absolute Gasteiger partial charge is 0.493 e. The number of nitrogens with zero attached hydrogens (tertiary/aromatic N) is 3. The van der Waals surface area contributed by atoms with Crippen LogP contribution < -0.4 is 20.1 Å². The highest BCUT2D eigenvalue weighted by molar-refractivity contribution is 5.95. The maximum atomic E-state index is 13.6. The molecule has 8 nitrogen and oxygen atoms in total. The normalized spacial score (nSPS) is 19.8. The maximum absolute atomic E-state index is 13.6. The summed E-state index contributed by atoms with van der Waals surface area (Å²) in [4.78, 5) is 17.9. The molecule has 3 aromatic rings. The molecular weight excluding hydrogens is 394 g/mol. The molecule has 0 bridgehead atoms. The number of carbonyl (C=O) groups is 1. The first-order valence-corrected chi connectivity index (χ1v) is 10.2.